The van der Waals surface area contributed by atoms with Crippen molar-refractivity contribution in [3.8, 4) is 0 Å². The van der Waals surface area contributed by atoms with Crippen LogP contribution in [0.15, 0.2) is 24.3 Å². The lowest BCUT2D eigenvalue weighted by molar-refractivity contribution is -0.139. The van der Waals surface area contributed by atoms with Gasteiger partial charge in [-0.3, -0.25) is 9.59 Å². The highest BCUT2D eigenvalue weighted by Crippen LogP contribution is 2.20. The predicted molar refractivity (Wildman–Crippen MR) is 148 cm³/mol. The summed E-state index contributed by atoms with van der Waals surface area (Å²) in [5.74, 6) is 0.689. The molecule has 1 saturated heterocycles. The normalized spacial score (nSPS) is 24.9. The Balaban J connectivity index is 2.03. The molecule has 0 spiro atoms. The molecule has 0 aromatic heterocycles. The summed E-state index contributed by atoms with van der Waals surface area (Å²) in [5.41, 5.74) is 2.49. The lowest BCUT2D eigenvalue weighted by Crippen LogP contribution is -2.53. The van der Waals surface area contributed by atoms with Crippen molar-refractivity contribution < 1.29 is 14.7 Å². The molecule has 0 saturated carbocycles. The molecule has 204 valence electrons. The minimum absolute atomic E-state index is 0.0118. The van der Waals surface area contributed by atoms with Gasteiger partial charge in [-0.25, -0.2) is 0 Å². The van der Waals surface area contributed by atoms with E-state index in [4.69, 9.17) is 0 Å². The van der Waals surface area contributed by atoms with Gasteiger partial charge in [-0.2, -0.15) is 0 Å². The van der Waals surface area contributed by atoms with Crippen molar-refractivity contribution in [1.29, 1.82) is 0 Å². The van der Waals surface area contributed by atoms with Crippen LogP contribution in [-0.2, 0) is 16.1 Å². The maximum atomic E-state index is 13.1. The fourth-order valence-corrected chi connectivity index (χ4v) is 4.96. The number of carbonyl (C=O) groups excluding carboxylic acids is 2. The number of rotatable bonds is 6. The van der Waals surface area contributed by atoms with Crippen molar-refractivity contribution >= 4 is 11.8 Å². The fraction of sp³-hybridized carbons (Fsp3) is 0.733. The number of carbonyl (C=O) groups is 2. The molecule has 2 rings (SSSR count). The molecule has 0 unspecified atom stereocenters. The molecular formula is C30H51N3O3. The van der Waals surface area contributed by atoms with Gasteiger partial charge in [0.05, 0.1) is 12.1 Å². The van der Waals surface area contributed by atoms with Crippen molar-refractivity contribution in [2.75, 3.05) is 13.6 Å². The van der Waals surface area contributed by atoms with Crippen molar-refractivity contribution in [3.05, 3.63) is 35.4 Å². The molecule has 6 nitrogen and oxygen atoms in total. The van der Waals surface area contributed by atoms with E-state index >= 15 is 0 Å². The monoisotopic (exact) mass is 501 g/mol. The average molecular weight is 502 g/mol. The third kappa shape index (κ3) is 10.6. The lowest BCUT2D eigenvalue weighted by atomic mass is 9.92. The van der Waals surface area contributed by atoms with Crippen LogP contribution >= 0.6 is 0 Å². The van der Waals surface area contributed by atoms with Gasteiger partial charge in [-0.05, 0) is 42.7 Å². The Bertz CT molecular complexity index is 797. The van der Waals surface area contributed by atoms with Gasteiger partial charge in [-0.15, -0.1) is 0 Å². The minimum Gasteiger partial charge on any atom is -0.390 e. The molecule has 4 atom stereocenters. The second-order valence-electron chi connectivity index (χ2n) is 11.2. The van der Waals surface area contributed by atoms with E-state index < -0.39 is 12.1 Å². The number of nitrogens with zero attached hydrogens (tertiary/aromatic N) is 1. The Hall–Kier alpha value is -1.92. The van der Waals surface area contributed by atoms with Gasteiger partial charge in [0.2, 0.25) is 11.8 Å². The average Bonchev–Trinajstić information content (AvgIpc) is 2.85. The number of aliphatic hydroxyl groups is 1. The molecule has 36 heavy (non-hydrogen) atoms. The van der Waals surface area contributed by atoms with Crippen LogP contribution in [0.4, 0.5) is 0 Å². The first-order chi connectivity index (χ1) is 17.2. The summed E-state index contributed by atoms with van der Waals surface area (Å²) in [4.78, 5) is 27.3. The Morgan fingerprint density at radius 3 is 2.42 bits per heavy atom. The molecule has 0 aliphatic carbocycles. The molecule has 1 aliphatic heterocycles. The van der Waals surface area contributed by atoms with E-state index in [2.05, 4.69) is 55.7 Å². The van der Waals surface area contributed by atoms with Crippen LogP contribution in [0.3, 0.4) is 0 Å². The zero-order valence-corrected chi connectivity index (χ0v) is 23.4. The zero-order chi connectivity index (χ0) is 26.5. The van der Waals surface area contributed by atoms with Gasteiger partial charge in [-0.1, -0.05) is 90.0 Å². The van der Waals surface area contributed by atoms with E-state index in [0.29, 0.717) is 31.3 Å². The van der Waals surface area contributed by atoms with Crippen LogP contribution in [0.5, 0.6) is 0 Å². The largest absolute Gasteiger partial charge is 0.390 e. The first kappa shape index (κ1) is 30.3. The van der Waals surface area contributed by atoms with Crippen molar-refractivity contribution in [2.45, 2.75) is 123 Å². The number of hydrogen-bond donors (Lipinski definition) is 3. The van der Waals surface area contributed by atoms with E-state index in [1.165, 1.54) is 43.2 Å². The summed E-state index contributed by atoms with van der Waals surface area (Å²) >= 11 is 0. The van der Waals surface area contributed by atoms with E-state index in [1.54, 1.807) is 18.9 Å². The second kappa shape index (κ2) is 16.0. The molecule has 1 heterocycles. The van der Waals surface area contributed by atoms with Crippen LogP contribution < -0.4 is 10.6 Å². The number of nitrogens with one attached hydrogen (secondary N) is 2. The Kier molecular flexibility index (Phi) is 13.5. The number of hydrogen-bond acceptors (Lipinski definition) is 4. The Labute approximate surface area is 219 Å². The van der Waals surface area contributed by atoms with Gasteiger partial charge in [0.25, 0.3) is 0 Å². The fourth-order valence-electron chi connectivity index (χ4n) is 4.96. The van der Waals surface area contributed by atoms with Gasteiger partial charge < -0.3 is 20.6 Å². The molecule has 6 heteroatoms. The number of benzene rings is 1. The Morgan fingerprint density at radius 1 is 1.06 bits per heavy atom. The van der Waals surface area contributed by atoms with Crippen LogP contribution in [-0.4, -0.2) is 53.6 Å². The summed E-state index contributed by atoms with van der Waals surface area (Å²) < 4.78 is 0. The standard InChI is InChI=1S/C30H51N3O3/c1-22(2)26-16-13-15-25(19-26)20-31-21-28(34)27-18-23(3)14-11-9-7-6-8-10-12-17-29(35)33(5)24(4)30(36)32-27/h13,15-16,19,22-24,27-28,31,34H,6-12,14,17-18,20-21H2,1-5H3,(H,32,36)/t23-,24+,27+,28-/m1/s1. The SMILES string of the molecule is CC(C)c1cccc(CNC[C@@H](O)[C@@H]2C[C@H](C)CCCCCCCCCC(=O)N(C)[C@@H](C)C(=O)N2)c1. The molecule has 2 amide bonds. The molecule has 1 aliphatic rings. The summed E-state index contributed by atoms with van der Waals surface area (Å²) in [6.45, 7) is 9.42. The Morgan fingerprint density at radius 2 is 1.72 bits per heavy atom. The third-order valence-electron chi connectivity index (χ3n) is 7.69. The summed E-state index contributed by atoms with van der Waals surface area (Å²) in [6.07, 6.45) is 9.58. The number of amides is 2. The maximum Gasteiger partial charge on any atom is 0.242 e. The van der Waals surface area contributed by atoms with Crippen LogP contribution in [0.25, 0.3) is 0 Å². The van der Waals surface area contributed by atoms with Crippen LogP contribution in [0.1, 0.15) is 109 Å². The van der Waals surface area contributed by atoms with E-state index in [0.717, 1.165) is 25.7 Å². The first-order valence-corrected chi connectivity index (χ1v) is 14.2. The summed E-state index contributed by atoms with van der Waals surface area (Å²) in [7, 11) is 1.71. The molecule has 1 fully saturated rings. The highest BCUT2D eigenvalue weighted by atomic mass is 16.3. The predicted octanol–water partition coefficient (Wildman–Crippen LogP) is 5.14. The van der Waals surface area contributed by atoms with Gasteiger partial charge >= 0.3 is 0 Å². The maximum absolute atomic E-state index is 13.1. The van der Waals surface area contributed by atoms with E-state index in [9.17, 15) is 14.7 Å². The first-order valence-electron chi connectivity index (χ1n) is 14.2. The van der Waals surface area contributed by atoms with E-state index in [-0.39, 0.29) is 17.9 Å². The minimum atomic E-state index is -0.708. The van der Waals surface area contributed by atoms with Gasteiger partial charge in [0.1, 0.15) is 6.04 Å². The topological polar surface area (TPSA) is 81.7 Å². The quantitative estimate of drug-likeness (QED) is 0.504. The summed E-state index contributed by atoms with van der Waals surface area (Å²) in [6, 6.07) is 7.60. The molecule has 3 N–H and O–H groups in total. The van der Waals surface area contributed by atoms with Crippen molar-refractivity contribution in [3.63, 3.8) is 0 Å². The lowest BCUT2D eigenvalue weighted by Gasteiger charge is -2.30. The molecular weight excluding hydrogens is 450 g/mol. The highest BCUT2D eigenvalue weighted by Gasteiger charge is 2.28. The summed E-state index contributed by atoms with van der Waals surface area (Å²) in [5, 5.41) is 17.6. The number of aliphatic hydroxyl groups excluding tert-OH is 1. The van der Waals surface area contributed by atoms with Crippen molar-refractivity contribution in [1.82, 2.24) is 15.5 Å². The van der Waals surface area contributed by atoms with Crippen molar-refractivity contribution in [2.24, 2.45) is 5.92 Å². The number of likely N-dealkylation sites (N-methyl/N-ethyl adjacent to an activating group) is 1. The van der Waals surface area contributed by atoms with E-state index in [1.807, 2.05) is 0 Å². The molecule has 0 radical (unpaired) electrons. The molecule has 1 aromatic carbocycles. The smallest absolute Gasteiger partial charge is 0.242 e. The highest BCUT2D eigenvalue weighted by molar-refractivity contribution is 5.87. The van der Waals surface area contributed by atoms with Crippen LogP contribution in [0.2, 0.25) is 0 Å². The van der Waals surface area contributed by atoms with Gasteiger partial charge in [0.15, 0.2) is 0 Å². The third-order valence-corrected chi connectivity index (χ3v) is 7.69. The molecule has 0 bridgehead atoms. The van der Waals surface area contributed by atoms with Gasteiger partial charge in [0, 0.05) is 26.6 Å². The van der Waals surface area contributed by atoms with Crippen LogP contribution in [0, 0.1) is 5.92 Å². The molecule has 1 aromatic rings. The zero-order valence-electron chi connectivity index (χ0n) is 23.4. The second-order valence-corrected chi connectivity index (χ2v) is 11.2.